The number of carbonyl (C=O) groups excluding carboxylic acids is 2. The van der Waals surface area contributed by atoms with Crippen molar-refractivity contribution in [2.75, 3.05) is 11.4 Å². The van der Waals surface area contributed by atoms with Crippen LogP contribution in [0.5, 0.6) is 0 Å². The smallest absolute Gasteiger partial charge is 0.355 e. The highest BCUT2D eigenvalue weighted by Gasteiger charge is 2.35. The van der Waals surface area contributed by atoms with E-state index >= 15 is 0 Å². The average molecular weight is 345 g/mol. The molecule has 1 amide bonds. The van der Waals surface area contributed by atoms with Crippen molar-refractivity contribution in [2.45, 2.75) is 12.5 Å². The number of hydrogen-bond acceptors (Lipinski definition) is 4. The van der Waals surface area contributed by atoms with Crippen molar-refractivity contribution in [3.8, 4) is 6.07 Å². The number of aromatic amines is 1. The molecule has 6 nitrogen and oxygen atoms in total. The van der Waals surface area contributed by atoms with Crippen molar-refractivity contribution < 1.29 is 14.3 Å². The number of anilines is 1. The Morgan fingerprint density at radius 1 is 1.19 bits per heavy atom. The molecule has 1 aliphatic heterocycles. The molecule has 0 saturated carbocycles. The summed E-state index contributed by atoms with van der Waals surface area (Å²) in [6.07, 6.45) is -0.366. The summed E-state index contributed by atoms with van der Waals surface area (Å²) in [6.45, 7) is 0.468. The van der Waals surface area contributed by atoms with Gasteiger partial charge in [0, 0.05) is 29.6 Å². The van der Waals surface area contributed by atoms with Crippen LogP contribution in [0.1, 0.15) is 22.5 Å². The van der Waals surface area contributed by atoms with Gasteiger partial charge in [0.15, 0.2) is 6.10 Å². The van der Waals surface area contributed by atoms with Crippen LogP contribution in [0.15, 0.2) is 54.6 Å². The third-order valence-electron chi connectivity index (χ3n) is 4.46. The van der Waals surface area contributed by atoms with Crippen LogP contribution in [0.2, 0.25) is 0 Å². The third kappa shape index (κ3) is 2.80. The maximum atomic E-state index is 12.6. The fourth-order valence-electron chi connectivity index (χ4n) is 3.11. The number of nitrogens with one attached hydrogen (secondary N) is 1. The second-order valence-electron chi connectivity index (χ2n) is 6.10. The fraction of sp³-hybridized carbons (Fsp3) is 0.150. The maximum Gasteiger partial charge on any atom is 0.355 e. The number of esters is 1. The lowest BCUT2D eigenvalue weighted by atomic mass is 10.2. The van der Waals surface area contributed by atoms with Crippen LogP contribution in [0, 0.1) is 11.3 Å². The van der Waals surface area contributed by atoms with Gasteiger partial charge in [-0.2, -0.15) is 5.26 Å². The van der Waals surface area contributed by atoms with Gasteiger partial charge in [0.25, 0.3) is 5.91 Å². The van der Waals surface area contributed by atoms with Gasteiger partial charge in [0.2, 0.25) is 0 Å². The number of carbonyl (C=O) groups is 2. The molecular formula is C20H15N3O3. The topological polar surface area (TPSA) is 86.2 Å². The van der Waals surface area contributed by atoms with E-state index in [4.69, 9.17) is 10.00 Å². The number of para-hydroxylation sites is 1. The average Bonchev–Trinajstić information content (AvgIpc) is 3.26. The van der Waals surface area contributed by atoms with Gasteiger partial charge >= 0.3 is 5.97 Å². The first-order valence-corrected chi connectivity index (χ1v) is 8.26. The summed E-state index contributed by atoms with van der Waals surface area (Å²) >= 11 is 0. The largest absolute Gasteiger partial charge is 0.447 e. The molecule has 1 unspecified atom stereocenters. The van der Waals surface area contributed by atoms with E-state index in [1.807, 2.05) is 30.3 Å². The number of nitrogens with zero attached hydrogens (tertiary/aromatic N) is 2. The number of hydrogen-bond donors (Lipinski definition) is 1. The van der Waals surface area contributed by atoms with E-state index in [1.54, 1.807) is 35.2 Å². The van der Waals surface area contributed by atoms with Crippen molar-refractivity contribution >= 4 is 28.5 Å². The molecule has 0 bridgehead atoms. The van der Waals surface area contributed by atoms with Crippen LogP contribution in [-0.2, 0) is 9.53 Å². The highest BCUT2D eigenvalue weighted by atomic mass is 16.5. The minimum atomic E-state index is -0.801. The predicted octanol–water partition coefficient (Wildman–Crippen LogP) is 3.00. The fourth-order valence-corrected chi connectivity index (χ4v) is 3.11. The van der Waals surface area contributed by atoms with Gasteiger partial charge in [-0.15, -0.1) is 0 Å². The normalized spacial score (nSPS) is 16.7. The molecule has 1 fully saturated rings. The van der Waals surface area contributed by atoms with Crippen LogP contribution >= 0.6 is 0 Å². The molecule has 26 heavy (non-hydrogen) atoms. The van der Waals surface area contributed by atoms with Crippen molar-refractivity contribution in [3.05, 3.63) is 65.9 Å². The predicted molar refractivity (Wildman–Crippen MR) is 95.6 cm³/mol. The van der Waals surface area contributed by atoms with Crippen molar-refractivity contribution in [3.63, 3.8) is 0 Å². The monoisotopic (exact) mass is 345 g/mol. The van der Waals surface area contributed by atoms with E-state index in [-0.39, 0.29) is 5.91 Å². The summed E-state index contributed by atoms with van der Waals surface area (Å²) in [5.41, 5.74) is 2.40. The summed E-state index contributed by atoms with van der Waals surface area (Å²) in [7, 11) is 0. The molecule has 0 radical (unpaired) electrons. The van der Waals surface area contributed by atoms with Crippen molar-refractivity contribution in [2.24, 2.45) is 0 Å². The molecule has 2 aromatic carbocycles. The first-order chi connectivity index (χ1) is 12.7. The lowest BCUT2D eigenvalue weighted by molar-refractivity contribution is -0.124. The zero-order chi connectivity index (χ0) is 18.1. The molecule has 1 aromatic heterocycles. The van der Waals surface area contributed by atoms with E-state index < -0.39 is 12.1 Å². The molecule has 3 aromatic rings. The standard InChI is InChI=1S/C20H15N3O3/c21-12-13-5-7-15(8-6-13)23-10-9-18(19(23)24)26-20(25)17-11-14-3-1-2-4-16(14)22-17/h1-8,11,18,22H,9-10H2. The Kier molecular flexibility index (Phi) is 3.90. The number of fused-ring (bicyclic) bond motifs is 1. The first-order valence-electron chi connectivity index (χ1n) is 8.26. The van der Waals surface area contributed by atoms with Gasteiger partial charge in [-0.3, -0.25) is 4.79 Å². The van der Waals surface area contributed by atoms with Gasteiger partial charge in [0.05, 0.1) is 11.6 Å². The van der Waals surface area contributed by atoms with Crippen LogP contribution in [0.4, 0.5) is 5.69 Å². The minimum absolute atomic E-state index is 0.251. The zero-order valence-electron chi connectivity index (χ0n) is 13.8. The van der Waals surface area contributed by atoms with Gasteiger partial charge in [-0.05, 0) is 36.4 Å². The number of aromatic nitrogens is 1. The second kappa shape index (κ2) is 6.37. The summed E-state index contributed by atoms with van der Waals surface area (Å²) in [4.78, 5) is 29.5. The molecule has 1 N–H and O–H groups in total. The first kappa shape index (κ1) is 15.9. The van der Waals surface area contributed by atoms with Gasteiger partial charge in [0.1, 0.15) is 5.69 Å². The lowest BCUT2D eigenvalue weighted by Crippen LogP contribution is -2.32. The Hall–Kier alpha value is -3.59. The highest BCUT2D eigenvalue weighted by Crippen LogP contribution is 2.24. The molecule has 4 rings (SSSR count). The number of nitriles is 1. The molecule has 2 heterocycles. The number of benzene rings is 2. The zero-order valence-corrected chi connectivity index (χ0v) is 13.8. The molecule has 1 saturated heterocycles. The van der Waals surface area contributed by atoms with E-state index in [1.165, 1.54) is 0 Å². The molecule has 128 valence electrons. The molecule has 0 spiro atoms. The van der Waals surface area contributed by atoms with Crippen LogP contribution in [0.3, 0.4) is 0 Å². The Balaban J connectivity index is 1.47. The van der Waals surface area contributed by atoms with Crippen molar-refractivity contribution in [1.29, 1.82) is 5.26 Å². The quantitative estimate of drug-likeness (QED) is 0.739. The van der Waals surface area contributed by atoms with E-state index in [0.717, 1.165) is 10.9 Å². The van der Waals surface area contributed by atoms with E-state index in [0.29, 0.717) is 29.9 Å². The number of H-pyrrole nitrogens is 1. The van der Waals surface area contributed by atoms with Crippen LogP contribution < -0.4 is 4.90 Å². The Bertz CT molecular complexity index is 997. The third-order valence-corrected chi connectivity index (χ3v) is 4.46. The van der Waals surface area contributed by atoms with Crippen LogP contribution in [0.25, 0.3) is 10.9 Å². The number of rotatable bonds is 3. The molecule has 6 heteroatoms. The number of amides is 1. The summed E-state index contributed by atoms with van der Waals surface area (Å²) < 4.78 is 5.42. The number of ether oxygens (including phenoxy) is 1. The molecule has 1 aliphatic rings. The van der Waals surface area contributed by atoms with Gasteiger partial charge < -0.3 is 14.6 Å². The molecule has 0 aliphatic carbocycles. The summed E-state index contributed by atoms with van der Waals surface area (Å²) in [5.74, 6) is -0.791. The Morgan fingerprint density at radius 3 is 2.69 bits per heavy atom. The SMILES string of the molecule is N#Cc1ccc(N2CCC(OC(=O)c3cc4ccccc4[nH]3)C2=O)cc1. The summed E-state index contributed by atoms with van der Waals surface area (Å²) in [6, 6.07) is 18.1. The van der Waals surface area contributed by atoms with Crippen LogP contribution in [-0.4, -0.2) is 29.5 Å². The highest BCUT2D eigenvalue weighted by molar-refractivity contribution is 6.01. The van der Waals surface area contributed by atoms with Gasteiger partial charge in [-0.25, -0.2) is 4.79 Å². The maximum absolute atomic E-state index is 12.6. The van der Waals surface area contributed by atoms with Crippen molar-refractivity contribution in [1.82, 2.24) is 4.98 Å². The molecular weight excluding hydrogens is 330 g/mol. The van der Waals surface area contributed by atoms with Gasteiger partial charge in [-0.1, -0.05) is 18.2 Å². The summed E-state index contributed by atoms with van der Waals surface area (Å²) in [5, 5.41) is 9.77. The molecule has 1 atom stereocenters. The Morgan fingerprint density at radius 2 is 1.96 bits per heavy atom. The Labute approximate surface area is 149 Å². The lowest BCUT2D eigenvalue weighted by Gasteiger charge is -2.16. The van der Waals surface area contributed by atoms with E-state index in [9.17, 15) is 9.59 Å². The van der Waals surface area contributed by atoms with E-state index in [2.05, 4.69) is 4.98 Å². The second-order valence-corrected chi connectivity index (χ2v) is 6.10. The minimum Gasteiger partial charge on any atom is -0.447 e.